The van der Waals surface area contributed by atoms with E-state index in [9.17, 15) is 4.79 Å². The van der Waals surface area contributed by atoms with Crippen LogP contribution in [0.15, 0.2) is 52.9 Å². The molecule has 1 atom stereocenters. The van der Waals surface area contributed by atoms with Gasteiger partial charge >= 0.3 is 0 Å². The molecule has 0 radical (unpaired) electrons. The number of nitrogens with zero attached hydrogens (tertiary/aromatic N) is 2. The third kappa shape index (κ3) is 5.78. The Balaban J connectivity index is 1.30. The molecule has 1 aliphatic heterocycles. The highest BCUT2D eigenvalue weighted by molar-refractivity contribution is 6.30. The number of hydrogen-bond donors (Lipinski definition) is 1. The maximum Gasteiger partial charge on any atom is 0.226 e. The molecule has 1 aliphatic rings. The van der Waals surface area contributed by atoms with Crippen LogP contribution >= 0.6 is 11.6 Å². The molecule has 32 heavy (non-hydrogen) atoms. The van der Waals surface area contributed by atoms with Crippen molar-refractivity contribution in [2.75, 3.05) is 19.6 Å². The van der Waals surface area contributed by atoms with Gasteiger partial charge in [0, 0.05) is 30.2 Å². The number of hydrogen-bond acceptors (Lipinski definition) is 4. The van der Waals surface area contributed by atoms with Crippen LogP contribution in [0.3, 0.4) is 0 Å². The van der Waals surface area contributed by atoms with Crippen molar-refractivity contribution in [2.24, 2.45) is 5.92 Å². The minimum atomic E-state index is 0.0183. The molecule has 0 aliphatic carbocycles. The molecular formula is C26H30ClN3O2. The van der Waals surface area contributed by atoms with Crippen LogP contribution < -0.4 is 5.32 Å². The summed E-state index contributed by atoms with van der Waals surface area (Å²) in [6.45, 7) is 7.11. The second-order valence-corrected chi connectivity index (χ2v) is 9.07. The molecule has 2 heterocycles. The van der Waals surface area contributed by atoms with E-state index in [-0.39, 0.29) is 11.8 Å². The maximum absolute atomic E-state index is 12.7. The summed E-state index contributed by atoms with van der Waals surface area (Å²) >= 11 is 5.98. The molecule has 4 rings (SSSR count). The number of piperidine rings is 1. The first-order chi connectivity index (χ1) is 15.5. The monoisotopic (exact) mass is 451 g/mol. The highest BCUT2D eigenvalue weighted by Gasteiger charge is 2.26. The fourth-order valence-electron chi connectivity index (χ4n) is 4.14. The average molecular weight is 452 g/mol. The van der Waals surface area contributed by atoms with E-state index in [1.54, 1.807) is 0 Å². The summed E-state index contributed by atoms with van der Waals surface area (Å²) in [5, 5.41) is 3.82. The lowest BCUT2D eigenvalue weighted by Gasteiger charge is -2.31. The number of oxazole rings is 1. The van der Waals surface area contributed by atoms with Gasteiger partial charge < -0.3 is 9.73 Å². The second kappa shape index (κ2) is 10.3. The van der Waals surface area contributed by atoms with Gasteiger partial charge in [-0.05, 0) is 69.5 Å². The molecular weight excluding hydrogens is 422 g/mol. The van der Waals surface area contributed by atoms with Crippen LogP contribution in [0.4, 0.5) is 0 Å². The van der Waals surface area contributed by atoms with Crippen molar-refractivity contribution in [3.63, 3.8) is 0 Å². The van der Waals surface area contributed by atoms with Crippen molar-refractivity contribution in [3.8, 4) is 11.5 Å². The molecule has 0 unspecified atom stereocenters. The van der Waals surface area contributed by atoms with Crippen molar-refractivity contribution in [2.45, 2.75) is 39.7 Å². The standard InChI is InChI=1S/C26H30ClN3O2/c1-18-5-7-20(8-6-18)13-14-28-25(31)22-4-3-15-30(16-22)17-24-19(2)32-26(29-24)21-9-11-23(27)12-10-21/h5-12,22H,3-4,13-17H2,1-2H3,(H,28,31)/t22-/m0/s1. The number of amides is 1. The predicted molar refractivity (Wildman–Crippen MR) is 128 cm³/mol. The first-order valence-corrected chi connectivity index (χ1v) is 11.6. The molecule has 3 aromatic rings. The van der Waals surface area contributed by atoms with Crippen LogP contribution in [0, 0.1) is 19.8 Å². The number of rotatable bonds is 7. The molecule has 168 valence electrons. The average Bonchev–Trinajstić information content (AvgIpc) is 3.16. The number of nitrogens with one attached hydrogen (secondary N) is 1. The minimum Gasteiger partial charge on any atom is -0.441 e. The smallest absolute Gasteiger partial charge is 0.226 e. The first kappa shape index (κ1) is 22.6. The fourth-order valence-corrected chi connectivity index (χ4v) is 4.27. The van der Waals surface area contributed by atoms with Crippen LogP contribution in [0.2, 0.25) is 5.02 Å². The number of benzene rings is 2. The quantitative estimate of drug-likeness (QED) is 0.537. The number of carbonyl (C=O) groups is 1. The van der Waals surface area contributed by atoms with Gasteiger partial charge in [0.05, 0.1) is 11.6 Å². The Morgan fingerprint density at radius 3 is 2.66 bits per heavy atom. The van der Waals surface area contributed by atoms with Gasteiger partial charge in [-0.3, -0.25) is 9.69 Å². The van der Waals surface area contributed by atoms with Gasteiger partial charge in [0.1, 0.15) is 5.76 Å². The van der Waals surface area contributed by atoms with E-state index in [0.29, 0.717) is 24.0 Å². The van der Waals surface area contributed by atoms with Crippen LogP contribution in [-0.2, 0) is 17.8 Å². The molecule has 0 saturated carbocycles. The zero-order chi connectivity index (χ0) is 22.5. The lowest BCUT2D eigenvalue weighted by atomic mass is 9.97. The summed E-state index contributed by atoms with van der Waals surface area (Å²) < 4.78 is 5.90. The first-order valence-electron chi connectivity index (χ1n) is 11.3. The van der Waals surface area contributed by atoms with Crippen molar-refractivity contribution in [1.82, 2.24) is 15.2 Å². The van der Waals surface area contributed by atoms with E-state index in [1.165, 1.54) is 11.1 Å². The Kier molecular flexibility index (Phi) is 7.28. The molecule has 1 amide bonds. The summed E-state index contributed by atoms with van der Waals surface area (Å²) in [6, 6.07) is 16.0. The molecule has 1 saturated heterocycles. The predicted octanol–water partition coefficient (Wildman–Crippen LogP) is 5.18. The molecule has 1 fully saturated rings. The van der Waals surface area contributed by atoms with Crippen LogP contribution in [-0.4, -0.2) is 35.4 Å². The number of carbonyl (C=O) groups excluding carboxylic acids is 1. The highest BCUT2D eigenvalue weighted by atomic mass is 35.5. The van der Waals surface area contributed by atoms with Gasteiger partial charge in [0.25, 0.3) is 0 Å². The summed E-state index contributed by atoms with van der Waals surface area (Å²) in [6.07, 6.45) is 2.80. The Labute approximate surface area is 194 Å². The molecule has 6 heteroatoms. The van der Waals surface area contributed by atoms with Gasteiger partial charge in [-0.1, -0.05) is 41.4 Å². The second-order valence-electron chi connectivity index (χ2n) is 8.63. The molecule has 2 aromatic carbocycles. The summed E-state index contributed by atoms with van der Waals surface area (Å²) in [7, 11) is 0. The van der Waals surface area contributed by atoms with E-state index >= 15 is 0 Å². The van der Waals surface area contributed by atoms with Gasteiger partial charge in [0.2, 0.25) is 11.8 Å². The number of likely N-dealkylation sites (tertiary alicyclic amines) is 1. The topological polar surface area (TPSA) is 58.4 Å². The van der Waals surface area contributed by atoms with Crippen LogP contribution in [0.1, 0.15) is 35.4 Å². The van der Waals surface area contributed by atoms with E-state index in [4.69, 9.17) is 21.0 Å². The van der Waals surface area contributed by atoms with Gasteiger partial charge in [0.15, 0.2) is 0 Å². The van der Waals surface area contributed by atoms with Gasteiger partial charge in [-0.2, -0.15) is 0 Å². The normalized spacial score (nSPS) is 16.8. The maximum atomic E-state index is 12.7. The molecule has 1 aromatic heterocycles. The van der Waals surface area contributed by atoms with Gasteiger partial charge in [-0.25, -0.2) is 4.98 Å². The van der Waals surface area contributed by atoms with Crippen molar-refractivity contribution < 1.29 is 9.21 Å². The fraction of sp³-hybridized carbons (Fsp3) is 0.385. The van der Waals surface area contributed by atoms with Gasteiger partial charge in [-0.15, -0.1) is 0 Å². The SMILES string of the molecule is Cc1ccc(CCNC(=O)[C@H]2CCCN(Cc3nc(-c4ccc(Cl)cc4)oc3C)C2)cc1. The zero-order valence-corrected chi connectivity index (χ0v) is 19.5. The third-order valence-corrected chi connectivity index (χ3v) is 6.32. The Hall–Kier alpha value is -2.63. The van der Waals surface area contributed by atoms with E-state index in [0.717, 1.165) is 49.4 Å². The number of halogens is 1. The van der Waals surface area contributed by atoms with E-state index < -0.39 is 0 Å². The molecule has 5 nitrogen and oxygen atoms in total. The summed E-state index contributed by atoms with van der Waals surface area (Å²) in [5.74, 6) is 1.60. The Morgan fingerprint density at radius 2 is 1.91 bits per heavy atom. The van der Waals surface area contributed by atoms with E-state index in [1.807, 2.05) is 31.2 Å². The zero-order valence-electron chi connectivity index (χ0n) is 18.7. The minimum absolute atomic E-state index is 0.0183. The highest BCUT2D eigenvalue weighted by Crippen LogP contribution is 2.25. The van der Waals surface area contributed by atoms with Crippen molar-refractivity contribution >= 4 is 17.5 Å². The molecule has 1 N–H and O–H groups in total. The van der Waals surface area contributed by atoms with Crippen molar-refractivity contribution in [1.29, 1.82) is 0 Å². The summed E-state index contributed by atoms with van der Waals surface area (Å²) in [5.41, 5.74) is 4.34. The van der Waals surface area contributed by atoms with Crippen molar-refractivity contribution in [3.05, 3.63) is 76.1 Å². The Bertz CT molecular complexity index is 1040. The molecule has 0 spiro atoms. The number of aryl methyl sites for hydroxylation is 2. The third-order valence-electron chi connectivity index (χ3n) is 6.07. The van der Waals surface area contributed by atoms with E-state index in [2.05, 4.69) is 41.4 Å². The molecule has 0 bridgehead atoms. The summed E-state index contributed by atoms with van der Waals surface area (Å²) in [4.78, 5) is 19.8. The largest absolute Gasteiger partial charge is 0.441 e. The number of aromatic nitrogens is 1. The lowest BCUT2D eigenvalue weighted by molar-refractivity contribution is -0.126. The van der Waals surface area contributed by atoms with Crippen LogP contribution in [0.5, 0.6) is 0 Å². The van der Waals surface area contributed by atoms with Crippen LogP contribution in [0.25, 0.3) is 11.5 Å². The Morgan fingerprint density at radius 1 is 1.16 bits per heavy atom. The lowest BCUT2D eigenvalue weighted by Crippen LogP contribution is -2.43.